The first-order valence-electron chi connectivity index (χ1n) is 22.8. The van der Waals surface area contributed by atoms with Crippen LogP contribution in [-0.4, -0.2) is 19.5 Å². The fourth-order valence-corrected chi connectivity index (χ4v) is 11.0. The number of hydrogen-bond donors (Lipinski definition) is 0. The van der Waals surface area contributed by atoms with Gasteiger partial charge in [-0.05, 0) is 57.0 Å². The Balaban J connectivity index is 1.03. The van der Waals surface area contributed by atoms with E-state index in [0.717, 1.165) is 83.3 Å². The summed E-state index contributed by atoms with van der Waals surface area (Å²) in [6.07, 6.45) is 0. The predicted octanol–water partition coefficient (Wildman–Crippen LogP) is 15.3. The molecule has 2 aromatic heterocycles. The molecular weight excluding hydrogens is 817 g/mol. The quantitative estimate of drug-likeness (QED) is 0.173. The zero-order valence-corrected chi connectivity index (χ0v) is 36.1. The molecule has 1 spiro atoms. The summed E-state index contributed by atoms with van der Waals surface area (Å²) < 4.78 is 9.76. The van der Waals surface area contributed by atoms with Crippen LogP contribution in [0.15, 0.2) is 231 Å². The van der Waals surface area contributed by atoms with Crippen LogP contribution >= 0.6 is 0 Å². The smallest absolute Gasteiger partial charge is 0.164 e. The van der Waals surface area contributed by atoms with E-state index in [0.29, 0.717) is 17.5 Å². The molecule has 14 rings (SSSR count). The summed E-state index contributed by atoms with van der Waals surface area (Å²) in [6, 6.07) is 81.9. The minimum absolute atomic E-state index is 0.591. The van der Waals surface area contributed by atoms with Gasteiger partial charge >= 0.3 is 0 Å². The van der Waals surface area contributed by atoms with Crippen molar-refractivity contribution in [3.05, 3.63) is 253 Å². The van der Waals surface area contributed by atoms with Crippen LogP contribution in [0.3, 0.4) is 0 Å². The molecule has 5 nitrogen and oxygen atoms in total. The third kappa shape index (κ3) is 5.52. The van der Waals surface area contributed by atoms with Gasteiger partial charge in [0.25, 0.3) is 0 Å². The van der Waals surface area contributed by atoms with Crippen LogP contribution in [0.4, 0.5) is 0 Å². The maximum absolute atomic E-state index is 7.34. The molecule has 0 saturated carbocycles. The Bertz CT molecular complexity index is 3900. The van der Waals surface area contributed by atoms with Gasteiger partial charge in [-0.1, -0.05) is 212 Å². The second-order valence-electron chi connectivity index (χ2n) is 17.5. The van der Waals surface area contributed by atoms with Gasteiger partial charge in [-0.15, -0.1) is 0 Å². The molecule has 1 aliphatic heterocycles. The molecule has 0 amide bonds. The van der Waals surface area contributed by atoms with Gasteiger partial charge in [0.2, 0.25) is 0 Å². The molecule has 0 unspecified atom stereocenters. The molecule has 12 aromatic rings. The van der Waals surface area contributed by atoms with E-state index in [-0.39, 0.29) is 0 Å². The zero-order valence-electron chi connectivity index (χ0n) is 36.1. The fourth-order valence-electron chi connectivity index (χ4n) is 11.0. The topological polar surface area (TPSA) is 52.8 Å². The number of fused-ring (bicyclic) bond motifs is 15. The average Bonchev–Trinajstić information content (AvgIpc) is 3.91. The monoisotopic (exact) mass is 854 g/mol. The molecule has 0 radical (unpaired) electrons. The molecule has 312 valence electrons. The number of rotatable bonds is 5. The number of aromatic nitrogens is 4. The first-order chi connectivity index (χ1) is 33.2. The molecule has 10 aromatic carbocycles. The Labute approximate surface area is 386 Å². The molecule has 0 N–H and O–H groups in total. The normalized spacial score (nSPS) is 13.0. The summed E-state index contributed by atoms with van der Waals surface area (Å²) in [5.74, 6) is 3.52. The summed E-state index contributed by atoms with van der Waals surface area (Å²) in [5.41, 5.74) is 14.8. The summed E-state index contributed by atoms with van der Waals surface area (Å²) in [4.78, 5) is 15.5. The molecule has 5 heteroatoms. The SMILES string of the molecule is c1ccc(-c2ccc(-c3nc(-c4ccccc4)nc(-c4cccc(-n5c6c7c(ccc6c6ccc8ccccc8c65)C5(c6ccccc6O7)c6ccccc6-c6ccccc65)c4)n3)cc2)cc1. The van der Waals surface area contributed by atoms with Crippen molar-refractivity contribution in [1.82, 2.24) is 19.5 Å². The molecule has 0 bridgehead atoms. The summed E-state index contributed by atoms with van der Waals surface area (Å²) in [5, 5.41) is 4.59. The minimum Gasteiger partial charge on any atom is -0.454 e. The number of nitrogens with zero attached hydrogens (tertiary/aromatic N) is 4. The second kappa shape index (κ2) is 14.5. The first kappa shape index (κ1) is 37.4. The Morgan fingerprint density at radius 1 is 0.343 bits per heavy atom. The van der Waals surface area contributed by atoms with Gasteiger partial charge in [-0.3, -0.25) is 0 Å². The average molecular weight is 855 g/mol. The molecule has 67 heavy (non-hydrogen) atoms. The summed E-state index contributed by atoms with van der Waals surface area (Å²) >= 11 is 0. The van der Waals surface area contributed by atoms with Crippen molar-refractivity contribution in [2.75, 3.05) is 0 Å². The van der Waals surface area contributed by atoms with Crippen LogP contribution in [0.2, 0.25) is 0 Å². The van der Waals surface area contributed by atoms with E-state index in [1.165, 1.54) is 27.6 Å². The Morgan fingerprint density at radius 2 is 0.866 bits per heavy atom. The van der Waals surface area contributed by atoms with Gasteiger partial charge in [0, 0.05) is 49.7 Å². The molecular formula is C62H38N4O. The van der Waals surface area contributed by atoms with E-state index >= 15 is 0 Å². The van der Waals surface area contributed by atoms with Crippen molar-refractivity contribution >= 4 is 32.6 Å². The van der Waals surface area contributed by atoms with Crippen molar-refractivity contribution in [1.29, 1.82) is 0 Å². The lowest BCUT2D eigenvalue weighted by Gasteiger charge is -2.39. The van der Waals surface area contributed by atoms with Crippen LogP contribution < -0.4 is 4.74 Å². The molecule has 1 aliphatic carbocycles. The second-order valence-corrected chi connectivity index (χ2v) is 17.5. The lowest BCUT2D eigenvalue weighted by Crippen LogP contribution is -2.32. The van der Waals surface area contributed by atoms with Crippen LogP contribution in [0.1, 0.15) is 22.3 Å². The Morgan fingerprint density at radius 3 is 1.60 bits per heavy atom. The van der Waals surface area contributed by atoms with E-state index < -0.39 is 5.41 Å². The van der Waals surface area contributed by atoms with Gasteiger partial charge in [-0.25, -0.2) is 15.0 Å². The summed E-state index contributed by atoms with van der Waals surface area (Å²) in [7, 11) is 0. The number of benzene rings is 10. The highest BCUT2D eigenvalue weighted by Crippen LogP contribution is 2.63. The lowest BCUT2D eigenvalue weighted by molar-refractivity contribution is 0.440. The van der Waals surface area contributed by atoms with Crippen LogP contribution in [0.25, 0.3) is 94.7 Å². The fraction of sp³-hybridized carbons (Fsp3) is 0.0161. The van der Waals surface area contributed by atoms with Crippen molar-refractivity contribution in [2.45, 2.75) is 5.41 Å². The van der Waals surface area contributed by atoms with Crippen molar-refractivity contribution < 1.29 is 4.74 Å². The first-order valence-corrected chi connectivity index (χ1v) is 22.8. The third-order valence-corrected chi connectivity index (χ3v) is 13.9. The molecule has 0 atom stereocenters. The Hall–Kier alpha value is -8.93. The Kier molecular flexibility index (Phi) is 8.13. The standard InChI is InChI=1S/C62H38N4O/c1-3-16-39(17-4-1)40-30-32-43(33-31-40)60-63-59(42-19-5-2-6-20-42)64-61(65-60)44-21-15-22-45(38-44)66-56-46-23-8-7-18-41(46)34-35-49(56)50-36-37-54-58(57(50)66)67-55-29-14-13-28-53(55)62(54)51-26-11-9-24-47(51)48-25-10-12-27-52(48)62/h1-38H. The van der Waals surface area contributed by atoms with Gasteiger partial charge < -0.3 is 9.30 Å². The highest BCUT2D eigenvalue weighted by molar-refractivity contribution is 6.20. The van der Waals surface area contributed by atoms with Crippen molar-refractivity contribution in [3.63, 3.8) is 0 Å². The zero-order chi connectivity index (χ0) is 44.1. The number of hydrogen-bond acceptors (Lipinski definition) is 4. The number of ether oxygens (including phenoxy) is 1. The van der Waals surface area contributed by atoms with Gasteiger partial charge in [0.1, 0.15) is 5.75 Å². The van der Waals surface area contributed by atoms with Crippen LogP contribution in [0, 0.1) is 0 Å². The highest BCUT2D eigenvalue weighted by Gasteiger charge is 2.51. The van der Waals surface area contributed by atoms with E-state index in [1.807, 2.05) is 24.3 Å². The van der Waals surface area contributed by atoms with Crippen LogP contribution in [-0.2, 0) is 5.41 Å². The molecule has 0 saturated heterocycles. The summed E-state index contributed by atoms with van der Waals surface area (Å²) in [6.45, 7) is 0. The van der Waals surface area contributed by atoms with E-state index in [1.54, 1.807) is 0 Å². The largest absolute Gasteiger partial charge is 0.454 e. The van der Waals surface area contributed by atoms with Gasteiger partial charge in [-0.2, -0.15) is 0 Å². The van der Waals surface area contributed by atoms with Gasteiger partial charge in [0.15, 0.2) is 23.2 Å². The molecule has 0 fully saturated rings. The molecule has 3 heterocycles. The van der Waals surface area contributed by atoms with E-state index in [9.17, 15) is 0 Å². The van der Waals surface area contributed by atoms with Gasteiger partial charge in [0.05, 0.1) is 16.4 Å². The minimum atomic E-state index is -0.606. The highest BCUT2D eigenvalue weighted by atomic mass is 16.5. The third-order valence-electron chi connectivity index (χ3n) is 13.9. The number of para-hydroxylation sites is 1. The molecule has 2 aliphatic rings. The lowest BCUT2D eigenvalue weighted by atomic mass is 9.66. The van der Waals surface area contributed by atoms with E-state index in [4.69, 9.17) is 19.7 Å². The van der Waals surface area contributed by atoms with Crippen molar-refractivity contribution in [2.24, 2.45) is 0 Å². The van der Waals surface area contributed by atoms with Crippen LogP contribution in [0.5, 0.6) is 11.5 Å². The van der Waals surface area contributed by atoms with Crippen molar-refractivity contribution in [3.8, 4) is 73.6 Å². The van der Waals surface area contributed by atoms with E-state index in [2.05, 4.69) is 211 Å². The predicted molar refractivity (Wildman–Crippen MR) is 271 cm³/mol. The maximum Gasteiger partial charge on any atom is 0.164 e. The maximum atomic E-state index is 7.34.